The van der Waals surface area contributed by atoms with Crippen LogP contribution >= 0.6 is 0 Å². The molecular formula is C17H27FN2. The molecule has 0 aromatic heterocycles. The summed E-state index contributed by atoms with van der Waals surface area (Å²) in [7, 11) is 0. The van der Waals surface area contributed by atoms with Gasteiger partial charge >= 0.3 is 0 Å². The number of nitrogens with zero attached hydrogens (tertiary/aromatic N) is 1. The fraction of sp³-hybridized carbons (Fsp3) is 0.647. The molecule has 1 N–H and O–H groups in total. The van der Waals surface area contributed by atoms with Crippen LogP contribution in [0.2, 0.25) is 0 Å². The molecule has 0 spiro atoms. The third-order valence-electron chi connectivity index (χ3n) is 4.86. The first-order valence-corrected chi connectivity index (χ1v) is 7.65. The van der Waals surface area contributed by atoms with Crippen molar-refractivity contribution in [1.29, 1.82) is 0 Å². The average Bonchev–Trinajstić information content (AvgIpc) is 2.42. The average molecular weight is 278 g/mol. The Morgan fingerprint density at radius 2 is 1.95 bits per heavy atom. The zero-order valence-corrected chi connectivity index (χ0v) is 13.2. The van der Waals surface area contributed by atoms with E-state index >= 15 is 0 Å². The van der Waals surface area contributed by atoms with E-state index in [-0.39, 0.29) is 16.9 Å². The highest BCUT2D eigenvalue weighted by Crippen LogP contribution is 2.29. The molecule has 3 heteroatoms. The van der Waals surface area contributed by atoms with E-state index in [1.807, 2.05) is 6.07 Å². The lowest BCUT2D eigenvalue weighted by molar-refractivity contribution is 0.0161. The molecule has 1 fully saturated rings. The molecule has 1 aromatic rings. The van der Waals surface area contributed by atoms with Crippen LogP contribution in [0.1, 0.15) is 46.1 Å². The number of hydrogen-bond acceptors (Lipinski definition) is 2. The molecule has 1 aliphatic rings. The lowest BCUT2D eigenvalue weighted by atomic mass is 9.84. The maximum Gasteiger partial charge on any atom is 0.123 e. The smallest absolute Gasteiger partial charge is 0.123 e. The number of halogens is 1. The minimum absolute atomic E-state index is 0.0974. The first-order chi connectivity index (χ1) is 9.41. The van der Waals surface area contributed by atoms with E-state index in [1.165, 1.54) is 6.07 Å². The number of piperazine rings is 1. The second kappa shape index (κ2) is 5.82. The molecule has 1 heterocycles. The molecular weight excluding hydrogens is 251 g/mol. The van der Waals surface area contributed by atoms with Gasteiger partial charge in [0, 0.05) is 30.7 Å². The van der Waals surface area contributed by atoms with Gasteiger partial charge in [-0.25, -0.2) is 4.39 Å². The van der Waals surface area contributed by atoms with Crippen molar-refractivity contribution in [1.82, 2.24) is 10.2 Å². The van der Waals surface area contributed by atoms with Gasteiger partial charge in [0.05, 0.1) is 0 Å². The molecule has 0 radical (unpaired) electrons. The van der Waals surface area contributed by atoms with Crippen LogP contribution in [-0.4, -0.2) is 29.1 Å². The number of nitrogens with one attached hydrogen (secondary N) is 1. The van der Waals surface area contributed by atoms with Crippen LogP contribution in [0.25, 0.3) is 0 Å². The van der Waals surface area contributed by atoms with Crippen LogP contribution in [0, 0.1) is 5.82 Å². The molecule has 2 rings (SSSR count). The summed E-state index contributed by atoms with van der Waals surface area (Å²) in [5.41, 5.74) is 1.35. The van der Waals surface area contributed by atoms with Crippen molar-refractivity contribution in [2.75, 3.05) is 13.1 Å². The van der Waals surface area contributed by atoms with Crippen LogP contribution in [-0.2, 0) is 6.54 Å². The summed E-state index contributed by atoms with van der Waals surface area (Å²) >= 11 is 0. The van der Waals surface area contributed by atoms with E-state index in [2.05, 4.69) is 37.9 Å². The van der Waals surface area contributed by atoms with Gasteiger partial charge < -0.3 is 5.32 Å². The Morgan fingerprint density at radius 3 is 2.55 bits per heavy atom. The van der Waals surface area contributed by atoms with Gasteiger partial charge in [-0.05, 0) is 44.4 Å². The normalized spacial score (nSPS) is 21.9. The highest BCUT2D eigenvalue weighted by Gasteiger charge is 2.40. The molecule has 1 saturated heterocycles. The van der Waals surface area contributed by atoms with Crippen molar-refractivity contribution in [2.45, 2.75) is 58.2 Å². The van der Waals surface area contributed by atoms with Crippen LogP contribution < -0.4 is 5.32 Å². The molecule has 0 unspecified atom stereocenters. The molecule has 0 atom stereocenters. The Balaban J connectivity index is 2.18. The van der Waals surface area contributed by atoms with E-state index in [4.69, 9.17) is 0 Å². The monoisotopic (exact) mass is 278 g/mol. The van der Waals surface area contributed by atoms with E-state index in [0.717, 1.165) is 38.0 Å². The summed E-state index contributed by atoms with van der Waals surface area (Å²) in [6.07, 6.45) is 2.25. The molecule has 0 aliphatic carbocycles. The fourth-order valence-electron chi connectivity index (χ4n) is 3.00. The SMILES string of the molecule is CCC1(CC)CN(Cc2cccc(F)c2)C(C)(C)CN1. The van der Waals surface area contributed by atoms with Crippen LogP contribution in [0.15, 0.2) is 24.3 Å². The predicted molar refractivity (Wildman–Crippen MR) is 82.2 cm³/mol. The summed E-state index contributed by atoms with van der Waals surface area (Å²) in [4.78, 5) is 2.49. The summed E-state index contributed by atoms with van der Waals surface area (Å²) in [5.74, 6) is -0.146. The highest BCUT2D eigenvalue weighted by molar-refractivity contribution is 5.17. The molecule has 20 heavy (non-hydrogen) atoms. The zero-order chi connectivity index (χ0) is 14.8. The standard InChI is InChI=1S/C17H27FN2/c1-5-17(6-2)13-20(16(3,4)12-19-17)11-14-8-7-9-15(18)10-14/h7-10,19H,5-6,11-13H2,1-4H3. The summed E-state index contributed by atoms with van der Waals surface area (Å²) in [6, 6.07) is 6.97. The van der Waals surface area contributed by atoms with E-state index in [9.17, 15) is 4.39 Å². The Morgan fingerprint density at radius 1 is 1.25 bits per heavy atom. The third-order valence-corrected chi connectivity index (χ3v) is 4.86. The molecule has 0 saturated carbocycles. The van der Waals surface area contributed by atoms with Gasteiger partial charge in [-0.3, -0.25) is 4.90 Å². The number of benzene rings is 1. The molecule has 0 bridgehead atoms. The van der Waals surface area contributed by atoms with Gasteiger partial charge in [0.15, 0.2) is 0 Å². The van der Waals surface area contributed by atoms with Gasteiger partial charge in [0.1, 0.15) is 5.82 Å². The zero-order valence-electron chi connectivity index (χ0n) is 13.2. The minimum Gasteiger partial charge on any atom is -0.308 e. The first kappa shape index (κ1) is 15.5. The maximum atomic E-state index is 13.4. The van der Waals surface area contributed by atoms with Gasteiger partial charge in [0.2, 0.25) is 0 Å². The minimum atomic E-state index is -0.146. The molecule has 112 valence electrons. The van der Waals surface area contributed by atoms with Gasteiger partial charge in [-0.1, -0.05) is 26.0 Å². The quantitative estimate of drug-likeness (QED) is 0.906. The Hall–Kier alpha value is -0.930. The first-order valence-electron chi connectivity index (χ1n) is 7.65. The van der Waals surface area contributed by atoms with Gasteiger partial charge in [-0.15, -0.1) is 0 Å². The van der Waals surface area contributed by atoms with Crippen molar-refractivity contribution >= 4 is 0 Å². The summed E-state index contributed by atoms with van der Waals surface area (Å²) in [6.45, 7) is 11.8. The van der Waals surface area contributed by atoms with Crippen LogP contribution in [0.5, 0.6) is 0 Å². The molecule has 0 amide bonds. The fourth-order valence-corrected chi connectivity index (χ4v) is 3.00. The summed E-state index contributed by atoms with van der Waals surface area (Å²) < 4.78 is 13.4. The second-order valence-corrected chi connectivity index (χ2v) is 6.64. The third kappa shape index (κ3) is 3.21. The molecule has 1 aromatic carbocycles. The van der Waals surface area contributed by atoms with E-state index < -0.39 is 0 Å². The lowest BCUT2D eigenvalue weighted by Gasteiger charge is -2.52. The van der Waals surface area contributed by atoms with Crippen molar-refractivity contribution in [3.63, 3.8) is 0 Å². The van der Waals surface area contributed by atoms with E-state index in [0.29, 0.717) is 0 Å². The Bertz CT molecular complexity index is 452. The Labute approximate surface area is 122 Å². The predicted octanol–water partition coefficient (Wildman–Crippen LogP) is 3.57. The lowest BCUT2D eigenvalue weighted by Crippen LogP contribution is -2.67. The number of rotatable bonds is 4. The summed E-state index contributed by atoms with van der Waals surface area (Å²) in [5, 5.41) is 3.73. The maximum absolute atomic E-state index is 13.4. The van der Waals surface area contributed by atoms with Gasteiger partial charge in [-0.2, -0.15) is 0 Å². The topological polar surface area (TPSA) is 15.3 Å². The molecule has 2 nitrogen and oxygen atoms in total. The van der Waals surface area contributed by atoms with E-state index in [1.54, 1.807) is 12.1 Å². The van der Waals surface area contributed by atoms with Crippen molar-refractivity contribution in [3.05, 3.63) is 35.6 Å². The van der Waals surface area contributed by atoms with Crippen molar-refractivity contribution < 1.29 is 4.39 Å². The van der Waals surface area contributed by atoms with Crippen molar-refractivity contribution in [3.8, 4) is 0 Å². The number of hydrogen-bond donors (Lipinski definition) is 1. The Kier molecular flexibility index (Phi) is 4.50. The largest absolute Gasteiger partial charge is 0.308 e. The van der Waals surface area contributed by atoms with Gasteiger partial charge in [0.25, 0.3) is 0 Å². The second-order valence-electron chi connectivity index (χ2n) is 6.64. The highest BCUT2D eigenvalue weighted by atomic mass is 19.1. The van der Waals surface area contributed by atoms with Crippen molar-refractivity contribution in [2.24, 2.45) is 0 Å². The van der Waals surface area contributed by atoms with Crippen LogP contribution in [0.4, 0.5) is 4.39 Å². The molecule has 1 aliphatic heterocycles. The van der Waals surface area contributed by atoms with Crippen LogP contribution in [0.3, 0.4) is 0 Å².